The molecule has 0 aliphatic carbocycles. The summed E-state index contributed by atoms with van der Waals surface area (Å²) in [6.45, 7) is 0.0682. The van der Waals surface area contributed by atoms with E-state index in [-0.39, 0.29) is 17.7 Å². The summed E-state index contributed by atoms with van der Waals surface area (Å²) >= 11 is 5.91. The van der Waals surface area contributed by atoms with Gasteiger partial charge >= 0.3 is 0 Å². The van der Waals surface area contributed by atoms with Crippen molar-refractivity contribution in [3.05, 3.63) is 55.7 Å². The number of pyridine rings is 1. The Balaban J connectivity index is 2.44. The molecule has 2 rings (SSSR count). The van der Waals surface area contributed by atoms with Crippen molar-refractivity contribution in [3.8, 4) is 0 Å². The van der Waals surface area contributed by atoms with Crippen LogP contribution in [0.5, 0.6) is 0 Å². The number of anilines is 1. The number of hydrogen-bond donors (Lipinski definition) is 2. The molecule has 0 spiro atoms. The van der Waals surface area contributed by atoms with Crippen LogP contribution in [-0.2, 0) is 6.54 Å². The van der Waals surface area contributed by atoms with Crippen molar-refractivity contribution in [2.75, 3.05) is 5.73 Å². The summed E-state index contributed by atoms with van der Waals surface area (Å²) in [4.78, 5) is 26.6. The van der Waals surface area contributed by atoms with E-state index in [0.717, 1.165) is 10.7 Å². The molecule has 0 aliphatic rings. The molecule has 3 N–H and O–H groups in total. The van der Waals surface area contributed by atoms with Crippen molar-refractivity contribution in [2.24, 2.45) is 0 Å². The number of rotatable bonds is 2. The van der Waals surface area contributed by atoms with E-state index in [0.29, 0.717) is 16.5 Å². The summed E-state index contributed by atoms with van der Waals surface area (Å²) in [7, 11) is 0. The van der Waals surface area contributed by atoms with Crippen LogP contribution in [0.2, 0.25) is 5.02 Å². The van der Waals surface area contributed by atoms with E-state index < -0.39 is 0 Å². The van der Waals surface area contributed by atoms with Crippen LogP contribution < -0.4 is 16.9 Å². The van der Waals surface area contributed by atoms with Crippen LogP contribution in [-0.4, -0.2) is 14.8 Å². The molecular formula is C10H9ClN4O2. The Hall–Kier alpha value is -2.08. The highest BCUT2D eigenvalue weighted by atomic mass is 35.5. The molecule has 0 fully saturated rings. The van der Waals surface area contributed by atoms with E-state index in [4.69, 9.17) is 17.3 Å². The Morgan fingerprint density at radius 1 is 1.29 bits per heavy atom. The molecule has 0 unspecified atom stereocenters. The second-order valence-electron chi connectivity index (χ2n) is 3.40. The molecule has 0 aliphatic heterocycles. The van der Waals surface area contributed by atoms with E-state index >= 15 is 0 Å². The lowest BCUT2D eigenvalue weighted by Gasteiger charge is -2.06. The first-order valence-electron chi connectivity index (χ1n) is 4.77. The zero-order valence-corrected chi connectivity index (χ0v) is 9.44. The van der Waals surface area contributed by atoms with Crippen molar-refractivity contribution < 1.29 is 0 Å². The summed E-state index contributed by atoms with van der Waals surface area (Å²) in [5.41, 5.74) is 5.23. The Morgan fingerprint density at radius 2 is 2.06 bits per heavy atom. The number of hydrogen-bond acceptors (Lipinski definition) is 4. The van der Waals surface area contributed by atoms with Crippen molar-refractivity contribution in [2.45, 2.75) is 6.54 Å². The molecule has 2 aromatic heterocycles. The SMILES string of the molecule is Nc1ccc(Cl)c(Cn2[nH]c(=O)ccc2=O)n1. The van der Waals surface area contributed by atoms with Crippen LogP contribution in [0.1, 0.15) is 5.69 Å². The van der Waals surface area contributed by atoms with Gasteiger partial charge in [0.1, 0.15) is 5.82 Å². The van der Waals surface area contributed by atoms with E-state index in [9.17, 15) is 9.59 Å². The van der Waals surface area contributed by atoms with Crippen LogP contribution in [0, 0.1) is 0 Å². The summed E-state index contributed by atoms with van der Waals surface area (Å²) in [6.07, 6.45) is 0. The Morgan fingerprint density at radius 3 is 2.82 bits per heavy atom. The minimum absolute atomic E-state index is 0.0682. The van der Waals surface area contributed by atoms with Gasteiger partial charge < -0.3 is 5.73 Å². The van der Waals surface area contributed by atoms with Crippen LogP contribution in [0.15, 0.2) is 33.9 Å². The molecule has 6 nitrogen and oxygen atoms in total. The molecule has 0 aromatic carbocycles. The van der Waals surface area contributed by atoms with E-state index in [1.165, 1.54) is 6.07 Å². The molecule has 0 bridgehead atoms. The highest BCUT2D eigenvalue weighted by molar-refractivity contribution is 6.31. The average Bonchev–Trinajstić information content (AvgIpc) is 2.28. The number of aromatic amines is 1. The monoisotopic (exact) mass is 252 g/mol. The fourth-order valence-corrected chi connectivity index (χ4v) is 1.51. The Labute approximate surface area is 101 Å². The molecule has 0 saturated carbocycles. The van der Waals surface area contributed by atoms with Crippen LogP contribution in [0.4, 0.5) is 5.82 Å². The Kier molecular flexibility index (Phi) is 2.97. The third-order valence-corrected chi connectivity index (χ3v) is 2.48. The van der Waals surface area contributed by atoms with Gasteiger partial charge in [-0.1, -0.05) is 11.6 Å². The third kappa shape index (κ3) is 2.54. The molecule has 17 heavy (non-hydrogen) atoms. The number of H-pyrrole nitrogens is 1. The minimum atomic E-state index is -0.371. The third-order valence-electron chi connectivity index (χ3n) is 2.14. The van der Waals surface area contributed by atoms with Crippen molar-refractivity contribution in [1.29, 1.82) is 0 Å². The molecule has 0 radical (unpaired) electrons. The van der Waals surface area contributed by atoms with Gasteiger partial charge in [0.05, 0.1) is 17.3 Å². The van der Waals surface area contributed by atoms with E-state index in [1.54, 1.807) is 12.1 Å². The summed E-state index contributed by atoms with van der Waals surface area (Å²) in [5.74, 6) is 0.302. The lowest BCUT2D eigenvalue weighted by atomic mass is 10.3. The van der Waals surface area contributed by atoms with Gasteiger partial charge in [-0.15, -0.1) is 0 Å². The number of halogens is 1. The smallest absolute Gasteiger partial charge is 0.265 e. The molecule has 2 aromatic rings. The highest BCUT2D eigenvalue weighted by Crippen LogP contribution is 2.15. The van der Waals surface area contributed by atoms with Crippen molar-refractivity contribution >= 4 is 17.4 Å². The van der Waals surface area contributed by atoms with Crippen LogP contribution >= 0.6 is 11.6 Å². The fraction of sp³-hybridized carbons (Fsp3) is 0.100. The highest BCUT2D eigenvalue weighted by Gasteiger charge is 2.05. The van der Waals surface area contributed by atoms with Gasteiger partial charge in [-0.25, -0.2) is 9.67 Å². The maximum atomic E-state index is 11.5. The molecule has 0 atom stereocenters. The van der Waals surface area contributed by atoms with Gasteiger partial charge in [-0.05, 0) is 12.1 Å². The average molecular weight is 253 g/mol. The van der Waals surface area contributed by atoms with Crippen LogP contribution in [0.3, 0.4) is 0 Å². The predicted octanol–water partition coefficient (Wildman–Crippen LogP) is 0.215. The molecule has 0 saturated heterocycles. The molecule has 88 valence electrons. The Bertz CT molecular complexity index is 662. The largest absolute Gasteiger partial charge is 0.384 e. The second kappa shape index (κ2) is 4.42. The maximum Gasteiger partial charge on any atom is 0.265 e. The van der Waals surface area contributed by atoms with Gasteiger partial charge in [0, 0.05) is 12.1 Å². The number of nitrogens with zero attached hydrogens (tertiary/aromatic N) is 2. The van der Waals surface area contributed by atoms with Gasteiger partial charge in [-0.2, -0.15) is 0 Å². The summed E-state index contributed by atoms with van der Waals surface area (Å²) < 4.78 is 1.12. The van der Waals surface area contributed by atoms with Gasteiger partial charge in [0.2, 0.25) is 0 Å². The first-order valence-corrected chi connectivity index (χ1v) is 5.15. The van der Waals surface area contributed by atoms with Crippen molar-refractivity contribution in [1.82, 2.24) is 14.8 Å². The lowest BCUT2D eigenvalue weighted by molar-refractivity contribution is 0.618. The van der Waals surface area contributed by atoms with Gasteiger partial charge in [0.15, 0.2) is 0 Å². The van der Waals surface area contributed by atoms with Gasteiger partial charge in [0.25, 0.3) is 11.1 Å². The number of nitrogens with one attached hydrogen (secondary N) is 1. The topological polar surface area (TPSA) is 93.8 Å². The maximum absolute atomic E-state index is 11.5. The molecule has 2 heterocycles. The lowest BCUT2D eigenvalue weighted by Crippen LogP contribution is -2.28. The fourth-order valence-electron chi connectivity index (χ4n) is 1.34. The van der Waals surface area contributed by atoms with Crippen molar-refractivity contribution in [3.63, 3.8) is 0 Å². The molecular weight excluding hydrogens is 244 g/mol. The zero-order chi connectivity index (χ0) is 12.4. The van der Waals surface area contributed by atoms with E-state index in [1.807, 2.05) is 0 Å². The predicted molar refractivity (Wildman–Crippen MR) is 64.1 cm³/mol. The number of nitrogens with two attached hydrogens (primary N) is 1. The van der Waals surface area contributed by atoms with Crippen LogP contribution in [0.25, 0.3) is 0 Å². The first kappa shape index (κ1) is 11.4. The molecule has 7 heteroatoms. The number of nitrogen functional groups attached to an aromatic ring is 1. The normalized spacial score (nSPS) is 10.4. The summed E-state index contributed by atoms with van der Waals surface area (Å²) in [5, 5.41) is 2.76. The quantitative estimate of drug-likeness (QED) is 0.799. The summed E-state index contributed by atoms with van der Waals surface area (Å²) in [6, 6.07) is 5.49. The second-order valence-corrected chi connectivity index (χ2v) is 3.81. The molecule has 0 amide bonds. The van der Waals surface area contributed by atoms with E-state index in [2.05, 4.69) is 10.1 Å². The number of aromatic nitrogens is 3. The standard InChI is InChI=1S/C10H9ClN4O2/c11-6-1-2-8(12)13-7(6)5-15-10(17)4-3-9(16)14-15/h1-4H,5H2,(H2,12,13)(H,14,16). The minimum Gasteiger partial charge on any atom is -0.384 e. The zero-order valence-electron chi connectivity index (χ0n) is 8.68. The van der Waals surface area contributed by atoms with Gasteiger partial charge in [-0.3, -0.25) is 14.7 Å². The first-order chi connectivity index (χ1) is 8.06.